The van der Waals surface area contributed by atoms with Gasteiger partial charge in [-0.15, -0.1) is 12.4 Å². The molecule has 0 atom stereocenters. The van der Waals surface area contributed by atoms with E-state index in [0.717, 1.165) is 42.8 Å². The summed E-state index contributed by atoms with van der Waals surface area (Å²) < 4.78 is 39.3. The predicted molar refractivity (Wildman–Crippen MR) is 113 cm³/mol. The molecule has 0 spiro atoms. The van der Waals surface area contributed by atoms with Crippen molar-refractivity contribution in [3.05, 3.63) is 53.6 Å². The standard InChI is InChI=1S/C20H26N2O4S.ClH/c1-25-14-16-5-3-4-6-19(16)22-27(23,24)17-7-8-20(26-2)18(13-17)15-9-11-21-12-10-15;/h3-8,13,15,21-22H,9-12,14H2,1-2H3;1H. The van der Waals surface area contributed by atoms with E-state index in [-0.39, 0.29) is 23.2 Å². The topological polar surface area (TPSA) is 76.7 Å². The Morgan fingerprint density at radius 1 is 1.11 bits per heavy atom. The summed E-state index contributed by atoms with van der Waals surface area (Å²) in [6, 6.07) is 12.3. The molecule has 0 aliphatic carbocycles. The van der Waals surface area contributed by atoms with E-state index in [4.69, 9.17) is 9.47 Å². The molecule has 0 unspecified atom stereocenters. The summed E-state index contributed by atoms with van der Waals surface area (Å²) in [5, 5.41) is 3.33. The van der Waals surface area contributed by atoms with Gasteiger partial charge in [-0.2, -0.15) is 0 Å². The number of benzene rings is 2. The van der Waals surface area contributed by atoms with Gasteiger partial charge < -0.3 is 14.8 Å². The van der Waals surface area contributed by atoms with Crippen LogP contribution in [-0.4, -0.2) is 35.7 Å². The lowest BCUT2D eigenvalue weighted by molar-refractivity contribution is 0.185. The second kappa shape index (κ2) is 10.1. The van der Waals surface area contributed by atoms with Crippen LogP contribution < -0.4 is 14.8 Å². The monoisotopic (exact) mass is 426 g/mol. The Morgan fingerprint density at radius 2 is 1.82 bits per heavy atom. The van der Waals surface area contributed by atoms with Crippen LogP contribution in [0.25, 0.3) is 0 Å². The predicted octanol–water partition coefficient (Wildman–Crippen LogP) is 3.53. The first-order chi connectivity index (χ1) is 13.0. The number of ether oxygens (including phenoxy) is 2. The number of hydrogen-bond acceptors (Lipinski definition) is 5. The highest BCUT2D eigenvalue weighted by Crippen LogP contribution is 2.34. The minimum absolute atomic E-state index is 0. The lowest BCUT2D eigenvalue weighted by Gasteiger charge is -2.25. The second-order valence-electron chi connectivity index (χ2n) is 6.62. The van der Waals surface area contributed by atoms with Crippen molar-refractivity contribution in [2.75, 3.05) is 32.0 Å². The Morgan fingerprint density at radius 3 is 2.50 bits per heavy atom. The second-order valence-corrected chi connectivity index (χ2v) is 8.31. The first-order valence-corrected chi connectivity index (χ1v) is 10.5. The molecule has 8 heteroatoms. The summed E-state index contributed by atoms with van der Waals surface area (Å²) in [4.78, 5) is 0.240. The van der Waals surface area contributed by atoms with Crippen LogP contribution in [0.3, 0.4) is 0 Å². The maximum Gasteiger partial charge on any atom is 0.261 e. The smallest absolute Gasteiger partial charge is 0.261 e. The fraction of sp³-hybridized carbons (Fsp3) is 0.400. The third-order valence-corrected chi connectivity index (χ3v) is 6.22. The van der Waals surface area contributed by atoms with Gasteiger partial charge in [0.25, 0.3) is 10.0 Å². The van der Waals surface area contributed by atoms with E-state index in [1.165, 1.54) is 0 Å². The molecule has 2 aromatic carbocycles. The minimum Gasteiger partial charge on any atom is -0.496 e. The van der Waals surface area contributed by atoms with E-state index < -0.39 is 10.0 Å². The van der Waals surface area contributed by atoms with Gasteiger partial charge in [0.05, 0.1) is 24.3 Å². The molecule has 1 fully saturated rings. The lowest BCUT2D eigenvalue weighted by Crippen LogP contribution is -2.27. The van der Waals surface area contributed by atoms with E-state index in [2.05, 4.69) is 10.0 Å². The molecular weight excluding hydrogens is 400 g/mol. The Balaban J connectivity index is 0.00000280. The largest absolute Gasteiger partial charge is 0.496 e. The van der Waals surface area contributed by atoms with Gasteiger partial charge >= 0.3 is 0 Å². The Bertz CT molecular complexity index is 884. The molecule has 2 aromatic rings. The number of nitrogens with one attached hydrogen (secondary N) is 2. The van der Waals surface area contributed by atoms with Gasteiger partial charge in [0.15, 0.2) is 0 Å². The number of hydrogen-bond donors (Lipinski definition) is 2. The van der Waals surface area contributed by atoms with Crippen molar-refractivity contribution in [1.82, 2.24) is 5.32 Å². The van der Waals surface area contributed by atoms with Gasteiger partial charge in [0.1, 0.15) is 5.75 Å². The van der Waals surface area contributed by atoms with Crippen LogP contribution in [0.5, 0.6) is 5.75 Å². The molecule has 1 heterocycles. The van der Waals surface area contributed by atoms with Crippen LogP contribution in [-0.2, 0) is 21.4 Å². The van der Waals surface area contributed by atoms with E-state index >= 15 is 0 Å². The van der Waals surface area contributed by atoms with Crippen molar-refractivity contribution in [1.29, 1.82) is 0 Å². The van der Waals surface area contributed by atoms with Gasteiger partial charge in [0.2, 0.25) is 0 Å². The van der Waals surface area contributed by atoms with E-state index in [1.807, 2.05) is 12.1 Å². The van der Waals surface area contributed by atoms with Crippen molar-refractivity contribution in [3.63, 3.8) is 0 Å². The average molecular weight is 427 g/mol. The molecule has 154 valence electrons. The molecule has 0 bridgehead atoms. The summed E-state index contributed by atoms with van der Waals surface area (Å²) in [7, 11) is -0.515. The number of para-hydroxylation sites is 1. The third-order valence-electron chi connectivity index (χ3n) is 4.85. The lowest BCUT2D eigenvalue weighted by atomic mass is 9.89. The minimum atomic E-state index is -3.72. The number of halogens is 1. The zero-order valence-corrected chi connectivity index (χ0v) is 17.7. The molecule has 0 saturated carbocycles. The zero-order valence-electron chi connectivity index (χ0n) is 16.1. The van der Waals surface area contributed by atoms with Gasteiger partial charge in [0, 0.05) is 12.7 Å². The zero-order chi connectivity index (χ0) is 19.3. The summed E-state index contributed by atoms with van der Waals surface area (Å²) in [6.07, 6.45) is 1.92. The van der Waals surface area contributed by atoms with Crippen molar-refractivity contribution in [2.24, 2.45) is 0 Å². The third kappa shape index (κ3) is 5.17. The van der Waals surface area contributed by atoms with Crippen molar-refractivity contribution in [3.8, 4) is 5.75 Å². The molecule has 1 aliphatic heterocycles. The molecule has 6 nitrogen and oxygen atoms in total. The molecule has 28 heavy (non-hydrogen) atoms. The maximum absolute atomic E-state index is 13.0. The molecular formula is C20H27ClN2O4S. The van der Waals surface area contributed by atoms with Crippen LogP contribution >= 0.6 is 12.4 Å². The number of sulfonamides is 1. The fourth-order valence-electron chi connectivity index (χ4n) is 3.44. The summed E-state index contributed by atoms with van der Waals surface area (Å²) in [5.41, 5.74) is 2.27. The van der Waals surface area contributed by atoms with Crippen molar-refractivity contribution < 1.29 is 17.9 Å². The van der Waals surface area contributed by atoms with Crippen molar-refractivity contribution in [2.45, 2.75) is 30.3 Å². The Kier molecular flexibility index (Phi) is 8.12. The highest BCUT2D eigenvalue weighted by molar-refractivity contribution is 7.92. The van der Waals surface area contributed by atoms with Gasteiger partial charge in [-0.05, 0) is 61.7 Å². The molecule has 1 aliphatic rings. The molecule has 0 aromatic heterocycles. The van der Waals surface area contributed by atoms with E-state index in [0.29, 0.717) is 12.3 Å². The quantitative estimate of drug-likeness (QED) is 0.708. The normalized spacial score (nSPS) is 14.9. The van der Waals surface area contributed by atoms with E-state index in [1.54, 1.807) is 44.6 Å². The van der Waals surface area contributed by atoms with E-state index in [9.17, 15) is 8.42 Å². The van der Waals surface area contributed by atoms with Crippen LogP contribution in [0.15, 0.2) is 47.4 Å². The van der Waals surface area contributed by atoms with Gasteiger partial charge in [-0.25, -0.2) is 8.42 Å². The number of anilines is 1. The van der Waals surface area contributed by atoms with Gasteiger partial charge in [-0.3, -0.25) is 4.72 Å². The first-order valence-electron chi connectivity index (χ1n) is 9.03. The fourth-order valence-corrected chi connectivity index (χ4v) is 4.57. The van der Waals surface area contributed by atoms with Crippen LogP contribution in [0.1, 0.15) is 29.9 Å². The SMILES string of the molecule is COCc1ccccc1NS(=O)(=O)c1ccc(OC)c(C2CCNCC2)c1.Cl. The van der Waals surface area contributed by atoms with Gasteiger partial charge in [-0.1, -0.05) is 18.2 Å². The molecule has 0 amide bonds. The summed E-state index contributed by atoms with van der Waals surface area (Å²) in [5.74, 6) is 1.03. The highest BCUT2D eigenvalue weighted by Gasteiger charge is 2.23. The Labute approximate surface area is 173 Å². The number of methoxy groups -OCH3 is 2. The first kappa shape index (κ1) is 22.5. The van der Waals surface area contributed by atoms with Crippen LogP contribution in [0.4, 0.5) is 5.69 Å². The number of piperidine rings is 1. The van der Waals surface area contributed by atoms with Crippen molar-refractivity contribution >= 4 is 28.1 Å². The number of rotatable bonds is 7. The molecule has 3 rings (SSSR count). The Hall–Kier alpha value is -1.80. The molecule has 0 radical (unpaired) electrons. The summed E-state index contributed by atoms with van der Waals surface area (Å²) >= 11 is 0. The molecule has 2 N–H and O–H groups in total. The van der Waals surface area contributed by atoms with Crippen LogP contribution in [0, 0.1) is 0 Å². The molecule has 1 saturated heterocycles. The maximum atomic E-state index is 13.0. The average Bonchev–Trinajstić information content (AvgIpc) is 2.69. The summed E-state index contributed by atoms with van der Waals surface area (Å²) in [6.45, 7) is 2.18. The highest BCUT2D eigenvalue weighted by atomic mass is 35.5. The van der Waals surface area contributed by atoms with Crippen LogP contribution in [0.2, 0.25) is 0 Å².